The van der Waals surface area contributed by atoms with Crippen molar-refractivity contribution >= 4 is 29.1 Å². The summed E-state index contributed by atoms with van der Waals surface area (Å²) in [5.74, 6) is -0.0377. The van der Waals surface area contributed by atoms with Crippen LogP contribution < -0.4 is 15.4 Å². The Morgan fingerprint density at radius 3 is 2.63 bits per heavy atom. The van der Waals surface area contributed by atoms with Crippen molar-refractivity contribution < 1.29 is 28.6 Å². The zero-order chi connectivity index (χ0) is 26.8. The zero-order valence-corrected chi connectivity index (χ0v) is 22.1. The molecule has 2 fully saturated rings. The summed E-state index contributed by atoms with van der Waals surface area (Å²) in [7, 11) is 3.58. The summed E-state index contributed by atoms with van der Waals surface area (Å²) >= 11 is 0. The molecule has 3 atom stereocenters. The molecule has 1 aromatic heterocycles. The van der Waals surface area contributed by atoms with Gasteiger partial charge in [-0.1, -0.05) is 0 Å². The first-order chi connectivity index (χ1) is 18.3. The Labute approximate surface area is 221 Å². The normalized spacial score (nSPS) is 23.9. The molecule has 204 valence electrons. The maximum Gasteiger partial charge on any atom is 0.257 e. The Kier molecular flexibility index (Phi) is 7.66. The van der Waals surface area contributed by atoms with Crippen LogP contribution in [-0.4, -0.2) is 77.5 Å². The molecule has 5 rings (SSSR count). The number of carbonyl (C=O) groups excluding carboxylic acids is 3. The minimum absolute atomic E-state index is 0.0599. The molecule has 2 N–H and O–H groups in total. The van der Waals surface area contributed by atoms with Crippen LogP contribution in [0.25, 0.3) is 0 Å². The molecule has 2 saturated heterocycles. The molecular weight excluding hydrogens is 490 g/mol. The summed E-state index contributed by atoms with van der Waals surface area (Å²) in [6, 6.07) is 4.96. The molecular formula is C27H35N5O6. The van der Waals surface area contributed by atoms with Gasteiger partial charge < -0.3 is 29.7 Å². The number of rotatable bonds is 5. The molecule has 3 aliphatic heterocycles. The monoisotopic (exact) mass is 525 g/mol. The van der Waals surface area contributed by atoms with E-state index in [4.69, 9.17) is 14.2 Å². The first kappa shape index (κ1) is 26.2. The topological polar surface area (TPSA) is 124 Å². The number of aromatic nitrogens is 2. The van der Waals surface area contributed by atoms with Crippen molar-refractivity contribution in [2.45, 2.75) is 57.3 Å². The molecule has 4 heterocycles. The van der Waals surface area contributed by atoms with Crippen LogP contribution in [0.15, 0.2) is 24.4 Å². The van der Waals surface area contributed by atoms with Gasteiger partial charge >= 0.3 is 0 Å². The quantitative estimate of drug-likeness (QED) is 0.615. The van der Waals surface area contributed by atoms with Crippen LogP contribution in [0.5, 0.6) is 5.75 Å². The van der Waals surface area contributed by atoms with Crippen LogP contribution in [-0.2, 0) is 26.1 Å². The van der Waals surface area contributed by atoms with Gasteiger partial charge in [-0.3, -0.25) is 19.1 Å². The van der Waals surface area contributed by atoms with Crippen LogP contribution in [0.2, 0.25) is 0 Å². The number of anilines is 2. The fourth-order valence-corrected chi connectivity index (χ4v) is 5.44. The van der Waals surface area contributed by atoms with Crippen LogP contribution >= 0.6 is 0 Å². The molecule has 0 radical (unpaired) electrons. The Morgan fingerprint density at radius 2 is 1.89 bits per heavy atom. The van der Waals surface area contributed by atoms with Gasteiger partial charge in [0.1, 0.15) is 18.5 Å². The zero-order valence-electron chi connectivity index (χ0n) is 22.1. The lowest BCUT2D eigenvalue weighted by atomic mass is 9.94. The number of carbonyl (C=O) groups is 3. The van der Waals surface area contributed by atoms with E-state index >= 15 is 0 Å². The lowest BCUT2D eigenvalue weighted by Crippen LogP contribution is -2.53. The summed E-state index contributed by atoms with van der Waals surface area (Å²) < 4.78 is 19.3. The Morgan fingerprint density at radius 1 is 1.11 bits per heavy atom. The smallest absolute Gasteiger partial charge is 0.257 e. The number of likely N-dealkylation sites (N-methyl/N-ethyl adjacent to an activating group) is 1. The number of nitrogens with zero attached hydrogens (tertiary/aromatic N) is 3. The molecule has 0 spiro atoms. The van der Waals surface area contributed by atoms with E-state index in [0.29, 0.717) is 61.6 Å². The van der Waals surface area contributed by atoms with Crippen LogP contribution in [0.3, 0.4) is 0 Å². The second-order valence-electron chi connectivity index (χ2n) is 10.3. The Bertz CT molecular complexity index is 1210. The lowest BCUT2D eigenvalue weighted by molar-refractivity contribution is -0.130. The highest BCUT2D eigenvalue weighted by molar-refractivity contribution is 6.00. The van der Waals surface area contributed by atoms with Crippen molar-refractivity contribution in [2.24, 2.45) is 13.0 Å². The Balaban J connectivity index is 1.23. The van der Waals surface area contributed by atoms with E-state index < -0.39 is 0 Å². The number of hydrogen-bond acceptors (Lipinski definition) is 7. The van der Waals surface area contributed by atoms with Crippen LogP contribution in [0.4, 0.5) is 11.4 Å². The standard InChI is InChI=1S/C27H35N5O6/c1-16-21(14-31(2)30-16)29-25(33)13-19-5-6-22-24(38-19)15-37-23-7-4-18(12-20(23)27(35)32(22)3)28-26(34)17-8-10-36-11-9-17/h4,7,12,14,17,19,22,24H,5-6,8-11,13,15H2,1-3H3,(H,28,34)(H,29,33)/t19-,22+,24-/m0/s1. The van der Waals surface area contributed by atoms with E-state index in [-0.39, 0.29) is 54.9 Å². The van der Waals surface area contributed by atoms with Crippen LogP contribution in [0, 0.1) is 12.8 Å². The largest absolute Gasteiger partial charge is 0.490 e. The van der Waals surface area contributed by atoms with Gasteiger partial charge in [-0.05, 0) is 50.8 Å². The molecule has 1 aromatic carbocycles. The van der Waals surface area contributed by atoms with Gasteiger partial charge in [0.2, 0.25) is 11.8 Å². The second kappa shape index (κ2) is 11.1. The highest BCUT2D eigenvalue weighted by Crippen LogP contribution is 2.33. The molecule has 11 nitrogen and oxygen atoms in total. The summed E-state index contributed by atoms with van der Waals surface area (Å²) in [5.41, 5.74) is 2.41. The van der Waals surface area contributed by atoms with Crippen molar-refractivity contribution in [1.82, 2.24) is 14.7 Å². The van der Waals surface area contributed by atoms with Crippen LogP contribution in [0.1, 0.15) is 48.2 Å². The van der Waals surface area contributed by atoms with E-state index in [1.807, 2.05) is 14.0 Å². The number of fused-ring (bicyclic) bond motifs is 2. The first-order valence-electron chi connectivity index (χ1n) is 13.2. The number of ether oxygens (including phenoxy) is 3. The SMILES string of the molecule is Cc1nn(C)cc1NC(=O)C[C@@H]1CC[C@@H]2[C@H](COc3ccc(NC(=O)C4CCOCC4)cc3C(=O)N2C)O1. The van der Waals surface area contributed by atoms with E-state index in [1.54, 1.807) is 41.0 Å². The highest BCUT2D eigenvalue weighted by Gasteiger charge is 2.39. The minimum atomic E-state index is -0.364. The van der Waals surface area contributed by atoms with Crippen molar-refractivity contribution in [1.29, 1.82) is 0 Å². The molecule has 2 aromatic rings. The summed E-state index contributed by atoms with van der Waals surface area (Å²) in [4.78, 5) is 40.5. The average molecular weight is 526 g/mol. The van der Waals surface area contributed by atoms with Gasteiger partial charge in [-0.25, -0.2) is 0 Å². The average Bonchev–Trinajstić information content (AvgIpc) is 3.22. The Hall–Kier alpha value is -3.44. The number of nitrogens with one attached hydrogen (secondary N) is 2. The van der Waals surface area contributed by atoms with Gasteiger partial charge in [-0.15, -0.1) is 0 Å². The highest BCUT2D eigenvalue weighted by atomic mass is 16.5. The van der Waals surface area contributed by atoms with E-state index in [2.05, 4.69) is 15.7 Å². The molecule has 3 amide bonds. The first-order valence-corrected chi connectivity index (χ1v) is 13.2. The maximum absolute atomic E-state index is 13.5. The van der Waals surface area contributed by atoms with E-state index in [9.17, 15) is 14.4 Å². The third-order valence-electron chi connectivity index (χ3n) is 7.57. The summed E-state index contributed by atoms with van der Waals surface area (Å²) in [5, 5.41) is 10.1. The third kappa shape index (κ3) is 5.68. The molecule has 0 unspecified atom stereocenters. The molecule has 3 aliphatic rings. The van der Waals surface area contributed by atoms with E-state index in [1.165, 1.54) is 0 Å². The third-order valence-corrected chi connectivity index (χ3v) is 7.57. The molecule has 0 aliphatic carbocycles. The maximum atomic E-state index is 13.5. The van der Waals surface area contributed by atoms with Crippen molar-refractivity contribution in [2.75, 3.05) is 37.5 Å². The van der Waals surface area contributed by atoms with Gasteiger partial charge in [0.05, 0.1) is 35.5 Å². The van der Waals surface area contributed by atoms with Gasteiger partial charge in [0.15, 0.2) is 0 Å². The minimum Gasteiger partial charge on any atom is -0.490 e. The second-order valence-corrected chi connectivity index (χ2v) is 10.3. The number of benzene rings is 1. The fourth-order valence-electron chi connectivity index (χ4n) is 5.44. The number of hydrogen-bond donors (Lipinski definition) is 2. The number of aryl methyl sites for hydroxylation is 2. The van der Waals surface area contributed by atoms with Gasteiger partial charge in [0, 0.05) is 45.1 Å². The lowest BCUT2D eigenvalue weighted by Gasteiger charge is -2.42. The van der Waals surface area contributed by atoms with Crippen molar-refractivity contribution in [3.63, 3.8) is 0 Å². The van der Waals surface area contributed by atoms with Gasteiger partial charge in [0.25, 0.3) is 5.91 Å². The predicted octanol–water partition coefficient (Wildman–Crippen LogP) is 2.50. The van der Waals surface area contributed by atoms with E-state index in [0.717, 1.165) is 5.69 Å². The fraction of sp³-hybridized carbons (Fsp3) is 0.556. The number of amides is 3. The summed E-state index contributed by atoms with van der Waals surface area (Å²) in [6.07, 6.45) is 4.06. The van der Waals surface area contributed by atoms with Crippen molar-refractivity contribution in [3.8, 4) is 5.75 Å². The van der Waals surface area contributed by atoms with Crippen molar-refractivity contribution in [3.05, 3.63) is 35.7 Å². The molecule has 11 heteroatoms. The molecule has 0 bridgehead atoms. The predicted molar refractivity (Wildman–Crippen MR) is 139 cm³/mol. The summed E-state index contributed by atoms with van der Waals surface area (Å²) in [6.45, 7) is 3.26. The molecule has 0 saturated carbocycles. The molecule has 38 heavy (non-hydrogen) atoms. The van der Waals surface area contributed by atoms with Gasteiger partial charge in [-0.2, -0.15) is 5.10 Å².